The predicted molar refractivity (Wildman–Crippen MR) is 108 cm³/mol. The van der Waals surface area contributed by atoms with E-state index in [2.05, 4.69) is 42.2 Å². The molecule has 1 amide bonds. The third kappa shape index (κ3) is 3.87. The number of methoxy groups -OCH3 is 1. The Morgan fingerprint density at radius 2 is 2.04 bits per heavy atom. The Kier molecular flexibility index (Phi) is 5.57. The van der Waals surface area contributed by atoms with Crippen LogP contribution < -0.4 is 4.90 Å². The quantitative estimate of drug-likeness (QED) is 0.798. The Morgan fingerprint density at radius 3 is 2.82 bits per heavy atom. The maximum absolute atomic E-state index is 12.1. The molecule has 1 atom stereocenters. The van der Waals surface area contributed by atoms with E-state index in [9.17, 15) is 4.79 Å². The molecule has 0 radical (unpaired) electrons. The van der Waals surface area contributed by atoms with Crippen LogP contribution in [0.25, 0.3) is 0 Å². The lowest BCUT2D eigenvalue weighted by Crippen LogP contribution is -2.32. The summed E-state index contributed by atoms with van der Waals surface area (Å²) in [5.41, 5.74) is 3.65. The zero-order valence-corrected chi connectivity index (χ0v) is 16.7. The van der Waals surface area contributed by atoms with E-state index in [-0.39, 0.29) is 18.4 Å². The average Bonchev–Trinajstić information content (AvgIpc) is 3.20. The van der Waals surface area contributed by atoms with Gasteiger partial charge in [-0.3, -0.25) is 4.79 Å². The lowest BCUT2D eigenvalue weighted by atomic mass is 10.0. The largest absolute Gasteiger partial charge is 0.375 e. The van der Waals surface area contributed by atoms with Crippen LogP contribution in [0.2, 0.25) is 0 Å². The second-order valence-corrected chi connectivity index (χ2v) is 7.74. The Hall–Kier alpha value is -2.47. The van der Waals surface area contributed by atoms with Gasteiger partial charge in [-0.25, -0.2) is 9.97 Å². The second kappa shape index (κ2) is 8.27. The third-order valence-electron chi connectivity index (χ3n) is 5.75. The molecule has 2 aliphatic heterocycles. The van der Waals surface area contributed by atoms with Crippen molar-refractivity contribution in [2.45, 2.75) is 38.6 Å². The van der Waals surface area contributed by atoms with Crippen LogP contribution in [0.1, 0.15) is 41.4 Å². The fourth-order valence-corrected chi connectivity index (χ4v) is 4.26. The molecule has 1 fully saturated rings. The first-order valence-electron chi connectivity index (χ1n) is 10.1. The molecule has 0 N–H and O–H groups in total. The monoisotopic (exact) mass is 380 g/mol. The van der Waals surface area contributed by atoms with Crippen molar-refractivity contribution in [2.75, 3.05) is 38.3 Å². The minimum Gasteiger partial charge on any atom is -0.375 e. The summed E-state index contributed by atoms with van der Waals surface area (Å²) in [6, 6.07) is 10.6. The molecule has 28 heavy (non-hydrogen) atoms. The Bertz CT molecular complexity index is 840. The van der Waals surface area contributed by atoms with Gasteiger partial charge in [-0.15, -0.1) is 0 Å². The SMILES string of the molecule is COCC(=O)N1CC[C@H](c2nc(C)c3c(n2)N(Cc2ccccc2)CCC3)C1. The maximum Gasteiger partial charge on any atom is 0.248 e. The van der Waals surface area contributed by atoms with Gasteiger partial charge in [-0.1, -0.05) is 30.3 Å². The van der Waals surface area contributed by atoms with Crippen LogP contribution in [0, 0.1) is 6.92 Å². The van der Waals surface area contributed by atoms with Gasteiger partial charge in [0.1, 0.15) is 18.2 Å². The van der Waals surface area contributed by atoms with E-state index in [0.717, 1.165) is 56.2 Å². The fourth-order valence-electron chi connectivity index (χ4n) is 4.26. The van der Waals surface area contributed by atoms with Gasteiger partial charge in [0.25, 0.3) is 0 Å². The molecular weight excluding hydrogens is 352 g/mol. The molecule has 2 aliphatic rings. The van der Waals surface area contributed by atoms with Crippen molar-refractivity contribution in [1.29, 1.82) is 0 Å². The van der Waals surface area contributed by atoms with Crippen molar-refractivity contribution < 1.29 is 9.53 Å². The van der Waals surface area contributed by atoms with E-state index in [1.54, 1.807) is 7.11 Å². The number of anilines is 1. The molecule has 6 heteroatoms. The molecule has 4 rings (SSSR count). The van der Waals surface area contributed by atoms with Gasteiger partial charge in [-0.05, 0) is 31.7 Å². The summed E-state index contributed by atoms with van der Waals surface area (Å²) in [6.07, 6.45) is 3.08. The lowest BCUT2D eigenvalue weighted by molar-refractivity contribution is -0.134. The number of fused-ring (bicyclic) bond motifs is 1. The van der Waals surface area contributed by atoms with Crippen LogP contribution >= 0.6 is 0 Å². The van der Waals surface area contributed by atoms with E-state index >= 15 is 0 Å². The maximum atomic E-state index is 12.1. The lowest BCUT2D eigenvalue weighted by Gasteiger charge is -2.31. The number of aryl methyl sites for hydroxylation is 1. The molecule has 2 aromatic rings. The van der Waals surface area contributed by atoms with E-state index in [1.165, 1.54) is 11.1 Å². The number of aromatic nitrogens is 2. The number of amides is 1. The molecular formula is C22H28N4O2. The smallest absolute Gasteiger partial charge is 0.248 e. The molecule has 3 heterocycles. The van der Waals surface area contributed by atoms with Gasteiger partial charge in [0.05, 0.1) is 0 Å². The van der Waals surface area contributed by atoms with E-state index in [0.29, 0.717) is 6.54 Å². The van der Waals surface area contributed by atoms with Crippen molar-refractivity contribution in [3.8, 4) is 0 Å². The first-order chi connectivity index (χ1) is 13.7. The Balaban J connectivity index is 1.57. The van der Waals surface area contributed by atoms with Gasteiger partial charge in [0.15, 0.2) is 0 Å². The molecule has 1 aromatic carbocycles. The molecule has 1 saturated heterocycles. The number of ether oxygens (including phenoxy) is 1. The highest BCUT2D eigenvalue weighted by Crippen LogP contribution is 2.32. The van der Waals surface area contributed by atoms with Gasteiger partial charge >= 0.3 is 0 Å². The summed E-state index contributed by atoms with van der Waals surface area (Å²) in [7, 11) is 1.56. The molecule has 0 unspecified atom stereocenters. The van der Waals surface area contributed by atoms with Crippen LogP contribution in [0.15, 0.2) is 30.3 Å². The Labute approximate surface area is 166 Å². The molecule has 1 aromatic heterocycles. The first-order valence-corrected chi connectivity index (χ1v) is 10.1. The fraction of sp³-hybridized carbons (Fsp3) is 0.500. The van der Waals surface area contributed by atoms with Crippen LogP contribution in [-0.2, 0) is 22.5 Å². The topological polar surface area (TPSA) is 58.6 Å². The molecule has 0 aliphatic carbocycles. The zero-order valence-electron chi connectivity index (χ0n) is 16.7. The number of carbonyl (C=O) groups is 1. The van der Waals surface area contributed by atoms with Crippen molar-refractivity contribution in [3.05, 3.63) is 53.0 Å². The standard InChI is InChI=1S/C22H28N4O2/c1-16-19-9-6-11-26(13-17-7-4-3-5-8-17)22(19)24-21(23-16)18-10-12-25(14-18)20(27)15-28-2/h3-5,7-8,18H,6,9-15H2,1-2H3/t18-/m0/s1. The van der Waals surface area contributed by atoms with E-state index in [1.807, 2.05) is 4.90 Å². The highest BCUT2D eigenvalue weighted by Gasteiger charge is 2.31. The number of hydrogen-bond donors (Lipinski definition) is 0. The van der Waals surface area contributed by atoms with Gasteiger partial charge < -0.3 is 14.5 Å². The van der Waals surface area contributed by atoms with E-state index < -0.39 is 0 Å². The minimum absolute atomic E-state index is 0.0467. The molecule has 0 saturated carbocycles. The summed E-state index contributed by atoms with van der Waals surface area (Å²) in [4.78, 5) is 26.2. The summed E-state index contributed by atoms with van der Waals surface area (Å²) in [6.45, 7) is 5.55. The van der Waals surface area contributed by atoms with Crippen molar-refractivity contribution >= 4 is 11.7 Å². The number of rotatable bonds is 5. The number of carbonyl (C=O) groups excluding carboxylic acids is 1. The number of benzene rings is 1. The van der Waals surface area contributed by atoms with Gasteiger partial charge in [0, 0.05) is 50.5 Å². The third-order valence-corrected chi connectivity index (χ3v) is 5.75. The predicted octanol–water partition coefficient (Wildman–Crippen LogP) is 2.70. The highest BCUT2D eigenvalue weighted by atomic mass is 16.5. The highest BCUT2D eigenvalue weighted by molar-refractivity contribution is 5.77. The summed E-state index contributed by atoms with van der Waals surface area (Å²) in [5.74, 6) is 2.21. The summed E-state index contributed by atoms with van der Waals surface area (Å²) < 4.78 is 4.99. The van der Waals surface area contributed by atoms with Crippen molar-refractivity contribution in [1.82, 2.24) is 14.9 Å². The molecule has 0 bridgehead atoms. The van der Waals surface area contributed by atoms with Crippen molar-refractivity contribution in [2.24, 2.45) is 0 Å². The molecule has 0 spiro atoms. The number of nitrogens with zero attached hydrogens (tertiary/aromatic N) is 4. The molecule has 6 nitrogen and oxygen atoms in total. The summed E-state index contributed by atoms with van der Waals surface area (Å²) >= 11 is 0. The van der Waals surface area contributed by atoms with Gasteiger partial charge in [0.2, 0.25) is 5.91 Å². The number of likely N-dealkylation sites (tertiary alicyclic amines) is 1. The number of hydrogen-bond acceptors (Lipinski definition) is 5. The van der Waals surface area contributed by atoms with Crippen LogP contribution in [0.4, 0.5) is 5.82 Å². The van der Waals surface area contributed by atoms with Crippen molar-refractivity contribution in [3.63, 3.8) is 0 Å². The van der Waals surface area contributed by atoms with Gasteiger partial charge in [-0.2, -0.15) is 0 Å². The molecule has 148 valence electrons. The zero-order chi connectivity index (χ0) is 19.5. The Morgan fingerprint density at radius 1 is 1.21 bits per heavy atom. The van der Waals surface area contributed by atoms with Crippen LogP contribution in [0.3, 0.4) is 0 Å². The van der Waals surface area contributed by atoms with Crippen LogP contribution in [0.5, 0.6) is 0 Å². The normalized spacial score (nSPS) is 19.0. The minimum atomic E-state index is 0.0467. The average molecular weight is 380 g/mol. The van der Waals surface area contributed by atoms with E-state index in [4.69, 9.17) is 14.7 Å². The summed E-state index contributed by atoms with van der Waals surface area (Å²) in [5, 5.41) is 0. The second-order valence-electron chi connectivity index (χ2n) is 7.74. The van der Waals surface area contributed by atoms with Crippen LogP contribution in [-0.4, -0.2) is 54.1 Å². The first kappa shape index (κ1) is 18.9.